The molecule has 2 atom stereocenters. The van der Waals surface area contributed by atoms with Crippen LogP contribution in [0.3, 0.4) is 0 Å². The molecule has 1 heterocycles. The molecule has 1 aromatic carbocycles. The molecule has 2 rings (SSSR count). The van der Waals surface area contributed by atoms with Gasteiger partial charge in [0.25, 0.3) is 0 Å². The number of carbonyl (C=O) groups is 1. The van der Waals surface area contributed by atoms with E-state index < -0.39 is 28.1 Å². The van der Waals surface area contributed by atoms with Crippen molar-refractivity contribution in [2.24, 2.45) is 5.73 Å². The fourth-order valence-corrected chi connectivity index (χ4v) is 4.06. The van der Waals surface area contributed by atoms with Crippen molar-refractivity contribution in [2.75, 3.05) is 12.3 Å². The van der Waals surface area contributed by atoms with Gasteiger partial charge in [-0.1, -0.05) is 0 Å². The normalized spacial score (nSPS) is 22.9. The van der Waals surface area contributed by atoms with Gasteiger partial charge >= 0.3 is 0 Å². The monoisotopic (exact) mass is 310 g/mol. The fraction of sp³-hybridized carbons (Fsp3) is 0.333. The van der Waals surface area contributed by atoms with Gasteiger partial charge in [-0.05, 0) is 18.2 Å². The molecule has 5 N–H and O–H groups in total. The van der Waals surface area contributed by atoms with E-state index in [4.69, 9.17) is 16.7 Å². The van der Waals surface area contributed by atoms with Crippen LogP contribution >= 0.6 is 0 Å². The van der Waals surface area contributed by atoms with Crippen molar-refractivity contribution in [2.45, 2.75) is 23.5 Å². The fourth-order valence-electron chi connectivity index (χ4n) is 2.29. The molecule has 9 heteroatoms. The van der Waals surface area contributed by atoms with Crippen LogP contribution in [0.25, 0.3) is 0 Å². The van der Waals surface area contributed by atoms with E-state index in [1.54, 1.807) is 6.07 Å². The molecule has 0 radical (unpaired) electrons. The SMILES string of the molecule is N#Cc1cc(N)ccc1S(=O)(=O)N1CC(O)CC1C(N)=O. The molecule has 0 aromatic heterocycles. The summed E-state index contributed by atoms with van der Waals surface area (Å²) in [4.78, 5) is 11.1. The molecule has 0 saturated carbocycles. The Morgan fingerprint density at radius 3 is 2.71 bits per heavy atom. The zero-order valence-electron chi connectivity index (χ0n) is 10.9. The van der Waals surface area contributed by atoms with E-state index in [1.807, 2.05) is 0 Å². The molecular weight excluding hydrogens is 296 g/mol. The van der Waals surface area contributed by atoms with Gasteiger partial charge < -0.3 is 16.6 Å². The van der Waals surface area contributed by atoms with Crippen LogP contribution in [0, 0.1) is 11.3 Å². The minimum absolute atomic E-state index is 0.0641. The molecule has 8 nitrogen and oxygen atoms in total. The third-order valence-corrected chi connectivity index (χ3v) is 5.21. The Hall–Kier alpha value is -2.15. The van der Waals surface area contributed by atoms with E-state index in [9.17, 15) is 18.3 Å². The molecule has 1 aromatic rings. The first-order chi connectivity index (χ1) is 9.77. The number of aliphatic hydroxyl groups excluding tert-OH is 1. The molecule has 1 aliphatic heterocycles. The van der Waals surface area contributed by atoms with Gasteiger partial charge in [0.05, 0.1) is 11.7 Å². The van der Waals surface area contributed by atoms with Gasteiger partial charge in [0.15, 0.2) is 0 Å². The minimum Gasteiger partial charge on any atom is -0.399 e. The maximum Gasteiger partial charge on any atom is 0.245 e. The second-order valence-corrected chi connectivity index (χ2v) is 6.61. The number of nitrogens with two attached hydrogens (primary N) is 2. The maximum absolute atomic E-state index is 12.6. The number of primary amides is 1. The lowest BCUT2D eigenvalue weighted by Gasteiger charge is -2.22. The van der Waals surface area contributed by atoms with Crippen LogP contribution in [-0.2, 0) is 14.8 Å². The lowest BCUT2D eigenvalue weighted by Crippen LogP contribution is -2.43. The number of carbonyl (C=O) groups excluding carboxylic acids is 1. The lowest BCUT2D eigenvalue weighted by molar-refractivity contribution is -0.121. The molecule has 1 aliphatic rings. The first-order valence-electron chi connectivity index (χ1n) is 6.06. The zero-order chi connectivity index (χ0) is 15.8. The largest absolute Gasteiger partial charge is 0.399 e. The lowest BCUT2D eigenvalue weighted by atomic mass is 10.2. The highest BCUT2D eigenvalue weighted by molar-refractivity contribution is 7.89. The Kier molecular flexibility index (Phi) is 3.87. The van der Waals surface area contributed by atoms with Crippen LogP contribution in [0.1, 0.15) is 12.0 Å². The second-order valence-electron chi connectivity index (χ2n) is 4.75. The summed E-state index contributed by atoms with van der Waals surface area (Å²) in [5.74, 6) is -0.843. The number of nitrogens with zero attached hydrogens (tertiary/aromatic N) is 2. The van der Waals surface area contributed by atoms with Gasteiger partial charge in [-0.2, -0.15) is 9.57 Å². The molecule has 1 saturated heterocycles. The van der Waals surface area contributed by atoms with Gasteiger partial charge in [-0.15, -0.1) is 0 Å². The highest BCUT2D eigenvalue weighted by Crippen LogP contribution is 2.28. The highest BCUT2D eigenvalue weighted by atomic mass is 32.2. The molecule has 1 amide bonds. The summed E-state index contributed by atoms with van der Waals surface area (Å²) in [5.41, 5.74) is 10.8. The van der Waals surface area contributed by atoms with Crippen LogP contribution in [-0.4, -0.2) is 42.4 Å². The Morgan fingerprint density at radius 2 is 2.14 bits per heavy atom. The number of β-amino-alcohol motifs (C(OH)–C–C–N with tert-alkyl or cyclic N) is 1. The molecule has 0 aliphatic carbocycles. The Balaban J connectivity index is 2.52. The summed E-state index contributed by atoms with van der Waals surface area (Å²) in [5, 5.41) is 18.6. The first-order valence-corrected chi connectivity index (χ1v) is 7.50. The van der Waals surface area contributed by atoms with Crippen molar-refractivity contribution in [1.29, 1.82) is 5.26 Å². The van der Waals surface area contributed by atoms with Crippen molar-refractivity contribution in [1.82, 2.24) is 4.31 Å². The summed E-state index contributed by atoms with van der Waals surface area (Å²) in [6.45, 7) is -0.245. The summed E-state index contributed by atoms with van der Waals surface area (Å²) >= 11 is 0. The van der Waals surface area contributed by atoms with Crippen LogP contribution < -0.4 is 11.5 Å². The van der Waals surface area contributed by atoms with Gasteiger partial charge in [-0.3, -0.25) is 4.79 Å². The topological polar surface area (TPSA) is 151 Å². The highest BCUT2D eigenvalue weighted by Gasteiger charge is 2.43. The molecule has 0 bridgehead atoms. The van der Waals surface area contributed by atoms with E-state index in [-0.39, 0.29) is 29.1 Å². The Bertz CT molecular complexity index is 725. The second kappa shape index (κ2) is 5.33. The summed E-state index contributed by atoms with van der Waals surface area (Å²) in [6, 6.07) is 4.41. The standard InChI is InChI=1S/C12H14N4O4S/c13-5-7-3-8(14)1-2-11(7)21(19,20)16-6-9(17)4-10(16)12(15)18/h1-3,9-10,17H,4,6,14H2,(H2,15,18). The zero-order valence-corrected chi connectivity index (χ0v) is 11.7. The molecule has 21 heavy (non-hydrogen) atoms. The smallest absolute Gasteiger partial charge is 0.245 e. The molecule has 0 spiro atoms. The average molecular weight is 310 g/mol. The number of nitriles is 1. The average Bonchev–Trinajstić information content (AvgIpc) is 2.81. The number of aliphatic hydroxyl groups is 1. The molecule has 112 valence electrons. The summed E-state index contributed by atoms with van der Waals surface area (Å²) in [6.07, 6.45) is -1.04. The van der Waals surface area contributed by atoms with Crippen molar-refractivity contribution in [3.05, 3.63) is 23.8 Å². The van der Waals surface area contributed by atoms with E-state index in [0.29, 0.717) is 0 Å². The van der Waals surface area contributed by atoms with Gasteiger partial charge in [0.1, 0.15) is 17.0 Å². The number of hydrogen-bond donors (Lipinski definition) is 3. The third-order valence-electron chi connectivity index (χ3n) is 3.27. The predicted molar refractivity (Wildman–Crippen MR) is 73.1 cm³/mol. The van der Waals surface area contributed by atoms with Crippen LogP contribution in [0.15, 0.2) is 23.1 Å². The predicted octanol–water partition coefficient (Wildman–Crippen LogP) is -1.25. The first kappa shape index (κ1) is 15.2. The van der Waals surface area contributed by atoms with Crippen LogP contribution in [0.4, 0.5) is 5.69 Å². The van der Waals surface area contributed by atoms with Crippen molar-refractivity contribution < 1.29 is 18.3 Å². The number of hydrogen-bond acceptors (Lipinski definition) is 6. The minimum atomic E-state index is -4.13. The molecule has 2 unspecified atom stereocenters. The Morgan fingerprint density at radius 1 is 1.48 bits per heavy atom. The quantitative estimate of drug-likeness (QED) is 0.593. The number of amides is 1. The number of rotatable bonds is 3. The van der Waals surface area contributed by atoms with Crippen molar-refractivity contribution in [3.63, 3.8) is 0 Å². The number of nitrogen functional groups attached to an aromatic ring is 1. The maximum atomic E-state index is 12.6. The number of benzene rings is 1. The van der Waals surface area contributed by atoms with Gasteiger partial charge in [-0.25, -0.2) is 8.42 Å². The molecule has 1 fully saturated rings. The van der Waals surface area contributed by atoms with Crippen molar-refractivity contribution >= 4 is 21.6 Å². The van der Waals surface area contributed by atoms with E-state index in [1.165, 1.54) is 18.2 Å². The van der Waals surface area contributed by atoms with Crippen molar-refractivity contribution in [3.8, 4) is 6.07 Å². The summed E-state index contributed by atoms with van der Waals surface area (Å²) < 4.78 is 26.0. The summed E-state index contributed by atoms with van der Waals surface area (Å²) in [7, 11) is -4.13. The molecular formula is C12H14N4O4S. The number of sulfonamides is 1. The van der Waals surface area contributed by atoms with Crippen LogP contribution in [0.5, 0.6) is 0 Å². The van der Waals surface area contributed by atoms with Crippen LogP contribution in [0.2, 0.25) is 0 Å². The number of anilines is 1. The van der Waals surface area contributed by atoms with E-state index in [0.717, 1.165) is 4.31 Å². The van der Waals surface area contributed by atoms with Gasteiger partial charge in [0.2, 0.25) is 15.9 Å². The van der Waals surface area contributed by atoms with E-state index in [2.05, 4.69) is 0 Å². The van der Waals surface area contributed by atoms with E-state index >= 15 is 0 Å². The van der Waals surface area contributed by atoms with Gasteiger partial charge in [0, 0.05) is 18.7 Å². The Labute approximate surface area is 121 Å². The third kappa shape index (κ3) is 2.69.